The maximum Gasteiger partial charge on any atom is 0.0662 e. The minimum Gasteiger partial charge on any atom is -0.401 e. The van der Waals surface area contributed by atoms with Crippen molar-refractivity contribution in [2.75, 3.05) is 19.7 Å². The Bertz CT molecular complexity index is 131. The fraction of sp³-hybridized carbons (Fsp3) is 0.667. The number of aliphatic hydroxyl groups excluding tert-OH is 1. The second-order valence-electron chi connectivity index (χ2n) is 2.21. The van der Waals surface area contributed by atoms with Gasteiger partial charge in [-0.05, 0) is 18.5 Å². The molecule has 9 heavy (non-hydrogen) atoms. The third-order valence-electron chi connectivity index (χ3n) is 1.56. The van der Waals surface area contributed by atoms with Crippen LogP contribution in [0.5, 0.6) is 0 Å². The summed E-state index contributed by atoms with van der Waals surface area (Å²) in [6, 6.07) is 0. The molecule has 0 unspecified atom stereocenters. The Morgan fingerprint density at radius 1 is 1.67 bits per heavy atom. The number of aliphatic hydroxyl groups is 1. The molecule has 4 N–H and O–H groups in total. The van der Waals surface area contributed by atoms with Crippen LogP contribution in [0.3, 0.4) is 0 Å². The molecule has 0 radical (unpaired) electrons. The molecule has 0 spiro atoms. The van der Waals surface area contributed by atoms with Crippen LogP contribution in [-0.2, 0) is 0 Å². The Morgan fingerprint density at radius 3 is 2.89 bits per heavy atom. The molecular weight excluding hydrogens is 116 g/mol. The molecule has 3 nitrogen and oxygen atoms in total. The van der Waals surface area contributed by atoms with E-state index in [9.17, 15) is 0 Å². The summed E-state index contributed by atoms with van der Waals surface area (Å²) in [5, 5.41) is 11.8. The smallest absolute Gasteiger partial charge is 0.0662 e. The van der Waals surface area contributed by atoms with E-state index in [1.165, 1.54) is 0 Å². The summed E-state index contributed by atoms with van der Waals surface area (Å²) in [4.78, 5) is 0. The van der Waals surface area contributed by atoms with Gasteiger partial charge in [0.1, 0.15) is 0 Å². The van der Waals surface area contributed by atoms with Gasteiger partial charge in [-0.25, -0.2) is 0 Å². The number of nitrogens with two attached hydrogens (primary N) is 1. The van der Waals surface area contributed by atoms with Crippen molar-refractivity contribution >= 4 is 0 Å². The van der Waals surface area contributed by atoms with Gasteiger partial charge in [0.15, 0.2) is 0 Å². The van der Waals surface area contributed by atoms with Crippen LogP contribution in [0.1, 0.15) is 6.42 Å². The van der Waals surface area contributed by atoms with E-state index < -0.39 is 0 Å². The molecule has 0 aromatic heterocycles. The number of hydrogen-bond donors (Lipinski definition) is 3. The van der Waals surface area contributed by atoms with E-state index in [0.717, 1.165) is 30.8 Å². The van der Waals surface area contributed by atoms with Crippen molar-refractivity contribution in [3.05, 3.63) is 11.3 Å². The average molecular weight is 128 g/mol. The molecule has 0 saturated heterocycles. The summed E-state index contributed by atoms with van der Waals surface area (Å²) in [5.74, 6) is 0. The summed E-state index contributed by atoms with van der Waals surface area (Å²) in [7, 11) is 0. The summed E-state index contributed by atoms with van der Waals surface area (Å²) in [6.07, 6.45) is 0.891. The van der Waals surface area contributed by atoms with E-state index in [1.807, 2.05) is 0 Å². The van der Waals surface area contributed by atoms with Crippen LogP contribution >= 0.6 is 0 Å². The van der Waals surface area contributed by atoms with Gasteiger partial charge in [0.25, 0.3) is 0 Å². The van der Waals surface area contributed by atoms with E-state index in [1.54, 1.807) is 0 Å². The average Bonchev–Trinajstić information content (AvgIpc) is 1.89. The van der Waals surface area contributed by atoms with Crippen LogP contribution < -0.4 is 11.1 Å². The van der Waals surface area contributed by atoms with E-state index in [0.29, 0.717) is 0 Å². The van der Waals surface area contributed by atoms with Gasteiger partial charge in [0.2, 0.25) is 0 Å². The minimum atomic E-state index is 0.119. The van der Waals surface area contributed by atoms with Crippen molar-refractivity contribution in [1.29, 1.82) is 0 Å². The first-order chi connectivity index (χ1) is 4.34. The molecule has 0 bridgehead atoms. The van der Waals surface area contributed by atoms with Crippen molar-refractivity contribution in [3.63, 3.8) is 0 Å². The second kappa shape index (κ2) is 2.85. The van der Waals surface area contributed by atoms with Crippen LogP contribution in [0.2, 0.25) is 0 Å². The van der Waals surface area contributed by atoms with Crippen molar-refractivity contribution < 1.29 is 5.11 Å². The zero-order valence-corrected chi connectivity index (χ0v) is 5.35. The van der Waals surface area contributed by atoms with Gasteiger partial charge in [-0.3, -0.25) is 0 Å². The Morgan fingerprint density at radius 2 is 2.44 bits per heavy atom. The standard InChI is InChI=1S/C6H12N2O/c7-6-3-8-2-1-5(6)4-9/h8-9H,1-4,7H2. The Kier molecular flexibility index (Phi) is 2.08. The molecule has 1 heterocycles. The monoisotopic (exact) mass is 128 g/mol. The molecule has 0 aliphatic carbocycles. The summed E-state index contributed by atoms with van der Waals surface area (Å²) in [6.45, 7) is 1.79. The van der Waals surface area contributed by atoms with Crippen molar-refractivity contribution in [1.82, 2.24) is 5.32 Å². The SMILES string of the molecule is NC1=C(CO)CCNC1. The Hall–Kier alpha value is -0.540. The van der Waals surface area contributed by atoms with Crippen molar-refractivity contribution in [2.45, 2.75) is 6.42 Å². The van der Waals surface area contributed by atoms with E-state index >= 15 is 0 Å². The molecule has 0 atom stereocenters. The third-order valence-corrected chi connectivity index (χ3v) is 1.56. The molecule has 3 heteroatoms. The summed E-state index contributed by atoms with van der Waals surface area (Å²) < 4.78 is 0. The first-order valence-corrected chi connectivity index (χ1v) is 3.12. The van der Waals surface area contributed by atoms with Crippen LogP contribution in [0.25, 0.3) is 0 Å². The maximum absolute atomic E-state index is 8.70. The van der Waals surface area contributed by atoms with Crippen molar-refractivity contribution in [3.8, 4) is 0 Å². The molecule has 0 aromatic rings. The normalized spacial score (nSPS) is 20.6. The fourth-order valence-electron chi connectivity index (χ4n) is 0.928. The van der Waals surface area contributed by atoms with Crippen LogP contribution in [0.4, 0.5) is 0 Å². The predicted molar refractivity (Wildman–Crippen MR) is 35.8 cm³/mol. The van der Waals surface area contributed by atoms with E-state index in [-0.39, 0.29) is 6.61 Å². The van der Waals surface area contributed by atoms with E-state index in [4.69, 9.17) is 10.8 Å². The van der Waals surface area contributed by atoms with Gasteiger partial charge >= 0.3 is 0 Å². The van der Waals surface area contributed by atoms with Gasteiger partial charge in [-0.15, -0.1) is 0 Å². The maximum atomic E-state index is 8.70. The van der Waals surface area contributed by atoms with Gasteiger partial charge < -0.3 is 16.2 Å². The second-order valence-corrected chi connectivity index (χ2v) is 2.21. The number of nitrogens with one attached hydrogen (secondary N) is 1. The molecule has 52 valence electrons. The Balaban J connectivity index is 2.59. The molecule has 0 amide bonds. The highest BCUT2D eigenvalue weighted by atomic mass is 16.3. The lowest BCUT2D eigenvalue weighted by Crippen LogP contribution is -2.29. The van der Waals surface area contributed by atoms with Gasteiger partial charge in [-0.2, -0.15) is 0 Å². The van der Waals surface area contributed by atoms with Gasteiger partial charge in [0, 0.05) is 12.2 Å². The highest BCUT2D eigenvalue weighted by molar-refractivity contribution is 5.15. The summed E-state index contributed by atoms with van der Waals surface area (Å²) >= 11 is 0. The number of hydrogen-bond acceptors (Lipinski definition) is 3. The van der Waals surface area contributed by atoms with Crippen LogP contribution in [-0.4, -0.2) is 24.8 Å². The first kappa shape index (κ1) is 6.58. The van der Waals surface area contributed by atoms with Crippen molar-refractivity contribution in [2.24, 2.45) is 5.73 Å². The molecule has 1 rings (SSSR count). The lowest BCUT2D eigenvalue weighted by atomic mass is 10.1. The third kappa shape index (κ3) is 1.43. The topological polar surface area (TPSA) is 58.3 Å². The minimum absolute atomic E-state index is 0.119. The highest BCUT2D eigenvalue weighted by Crippen LogP contribution is 2.05. The quantitative estimate of drug-likeness (QED) is 0.432. The lowest BCUT2D eigenvalue weighted by molar-refractivity contribution is 0.321. The largest absolute Gasteiger partial charge is 0.401 e. The summed E-state index contributed by atoms with van der Waals surface area (Å²) in [5.41, 5.74) is 7.35. The van der Waals surface area contributed by atoms with Gasteiger partial charge in [0.05, 0.1) is 6.61 Å². The highest BCUT2D eigenvalue weighted by Gasteiger charge is 2.06. The molecule has 1 aliphatic heterocycles. The number of rotatable bonds is 1. The van der Waals surface area contributed by atoms with E-state index in [2.05, 4.69) is 5.32 Å². The molecule has 0 fully saturated rings. The molecule has 1 aliphatic rings. The lowest BCUT2D eigenvalue weighted by Gasteiger charge is -2.16. The molecule has 0 saturated carbocycles. The zero-order chi connectivity index (χ0) is 6.69. The zero-order valence-electron chi connectivity index (χ0n) is 5.35. The van der Waals surface area contributed by atoms with Crippen LogP contribution in [0.15, 0.2) is 11.3 Å². The van der Waals surface area contributed by atoms with Crippen LogP contribution in [0, 0.1) is 0 Å². The Labute approximate surface area is 54.6 Å². The fourth-order valence-corrected chi connectivity index (χ4v) is 0.928. The van der Waals surface area contributed by atoms with Gasteiger partial charge in [-0.1, -0.05) is 0 Å². The molecular formula is C6H12N2O. The predicted octanol–water partition coefficient (Wildman–Crippen LogP) is -0.815. The molecule has 0 aromatic carbocycles. The first-order valence-electron chi connectivity index (χ1n) is 3.12.